The quantitative estimate of drug-likeness (QED) is 0.467. The van der Waals surface area contributed by atoms with Gasteiger partial charge >= 0.3 is 0 Å². The van der Waals surface area contributed by atoms with Crippen molar-refractivity contribution in [3.63, 3.8) is 0 Å². The van der Waals surface area contributed by atoms with Gasteiger partial charge in [0, 0.05) is 38.1 Å². The summed E-state index contributed by atoms with van der Waals surface area (Å²) in [4.78, 5) is 34.5. The second-order valence-corrected chi connectivity index (χ2v) is 9.00. The van der Waals surface area contributed by atoms with Gasteiger partial charge < -0.3 is 25.5 Å². The molecule has 0 aliphatic carbocycles. The number of aromatic nitrogens is 4. The van der Waals surface area contributed by atoms with Crippen LogP contribution in [-0.2, 0) is 0 Å². The number of piperidine rings is 2. The van der Waals surface area contributed by atoms with Gasteiger partial charge in [0.25, 0.3) is 5.91 Å². The van der Waals surface area contributed by atoms with Crippen molar-refractivity contribution in [1.29, 1.82) is 0 Å². The SMILES string of the molecule is O=C(Nc1ccc(Nc2nc(N3CCCCC3)nc(N3CCCCC3)n2)cc1F)c1cccnc1O. The lowest BCUT2D eigenvalue weighted by Crippen LogP contribution is -2.34. The average Bonchev–Trinajstić information content (AvgIpc) is 2.91. The third kappa shape index (κ3) is 5.45. The Bertz CT molecular complexity index is 1190. The van der Waals surface area contributed by atoms with Gasteiger partial charge in [0.15, 0.2) is 0 Å². The number of carbonyl (C=O) groups excluding carboxylic acids is 1. The number of nitrogens with one attached hydrogen (secondary N) is 2. The molecule has 0 saturated carbocycles. The zero-order chi connectivity index (χ0) is 24.9. The molecule has 2 saturated heterocycles. The lowest BCUT2D eigenvalue weighted by molar-refractivity contribution is 0.102. The smallest absolute Gasteiger partial charge is 0.261 e. The average molecular weight is 493 g/mol. The van der Waals surface area contributed by atoms with Crippen molar-refractivity contribution in [2.24, 2.45) is 0 Å². The maximum atomic E-state index is 14.9. The first-order valence-electron chi connectivity index (χ1n) is 12.3. The molecule has 188 valence electrons. The van der Waals surface area contributed by atoms with Crippen LogP contribution in [0.2, 0.25) is 0 Å². The molecule has 0 bridgehead atoms. The minimum absolute atomic E-state index is 0.0209. The summed E-state index contributed by atoms with van der Waals surface area (Å²) in [5.74, 6) is -0.102. The van der Waals surface area contributed by atoms with Crippen LogP contribution in [0.25, 0.3) is 0 Å². The Labute approximate surface area is 208 Å². The molecule has 1 amide bonds. The van der Waals surface area contributed by atoms with Crippen LogP contribution in [-0.4, -0.2) is 57.1 Å². The van der Waals surface area contributed by atoms with E-state index in [-0.39, 0.29) is 11.3 Å². The van der Waals surface area contributed by atoms with Crippen molar-refractivity contribution in [3.05, 3.63) is 47.9 Å². The molecular formula is C25H29FN8O2. The molecule has 5 rings (SSSR count). The number of pyridine rings is 1. The van der Waals surface area contributed by atoms with Gasteiger partial charge in [-0.2, -0.15) is 15.0 Å². The zero-order valence-electron chi connectivity index (χ0n) is 20.0. The van der Waals surface area contributed by atoms with Crippen molar-refractivity contribution in [2.45, 2.75) is 38.5 Å². The van der Waals surface area contributed by atoms with Crippen molar-refractivity contribution < 1.29 is 14.3 Å². The van der Waals surface area contributed by atoms with Gasteiger partial charge in [0.2, 0.25) is 23.7 Å². The molecule has 36 heavy (non-hydrogen) atoms. The van der Waals surface area contributed by atoms with Gasteiger partial charge in [-0.3, -0.25) is 4.79 Å². The van der Waals surface area contributed by atoms with E-state index in [1.807, 2.05) is 0 Å². The highest BCUT2D eigenvalue weighted by Crippen LogP contribution is 2.26. The van der Waals surface area contributed by atoms with E-state index in [1.54, 1.807) is 6.07 Å². The number of anilines is 5. The predicted molar refractivity (Wildman–Crippen MR) is 135 cm³/mol. The van der Waals surface area contributed by atoms with Gasteiger partial charge in [0.1, 0.15) is 11.4 Å². The number of hydrogen-bond donors (Lipinski definition) is 3. The van der Waals surface area contributed by atoms with Crippen LogP contribution in [0.15, 0.2) is 36.5 Å². The monoisotopic (exact) mass is 492 g/mol. The Morgan fingerprint density at radius 1 is 0.889 bits per heavy atom. The molecule has 4 heterocycles. The lowest BCUT2D eigenvalue weighted by atomic mass is 10.1. The Hall–Kier alpha value is -4.02. The fraction of sp³-hybridized carbons (Fsp3) is 0.400. The molecule has 0 radical (unpaired) electrons. The van der Waals surface area contributed by atoms with Gasteiger partial charge in [-0.15, -0.1) is 0 Å². The molecule has 10 nitrogen and oxygen atoms in total. The van der Waals surface area contributed by atoms with Crippen molar-refractivity contribution in [2.75, 3.05) is 46.6 Å². The Morgan fingerprint density at radius 2 is 1.53 bits per heavy atom. The van der Waals surface area contributed by atoms with E-state index in [4.69, 9.17) is 4.98 Å². The molecule has 11 heteroatoms. The molecule has 2 fully saturated rings. The summed E-state index contributed by atoms with van der Waals surface area (Å²) in [5.41, 5.74) is 0.377. The standard InChI is InChI=1S/C25H29FN8O2/c26-19-16-17(9-10-20(19)29-22(36)18-8-7-11-27-21(18)35)28-23-30-24(33-12-3-1-4-13-33)32-25(31-23)34-14-5-2-6-15-34/h7-11,16H,1-6,12-15H2,(H,27,35)(H,29,36)(H,28,30,31,32). The third-order valence-corrected chi connectivity index (χ3v) is 6.39. The number of halogens is 1. The second kappa shape index (κ2) is 10.7. The van der Waals surface area contributed by atoms with E-state index >= 15 is 0 Å². The second-order valence-electron chi connectivity index (χ2n) is 9.00. The number of rotatable bonds is 6. The van der Waals surface area contributed by atoms with E-state index in [0.717, 1.165) is 51.9 Å². The lowest BCUT2D eigenvalue weighted by Gasteiger charge is -2.30. The number of hydrogen-bond acceptors (Lipinski definition) is 9. The molecule has 3 N–H and O–H groups in total. The summed E-state index contributed by atoms with van der Waals surface area (Å²) < 4.78 is 14.9. The third-order valence-electron chi connectivity index (χ3n) is 6.39. The van der Waals surface area contributed by atoms with Gasteiger partial charge in [-0.05, 0) is 68.9 Å². The number of benzene rings is 1. The summed E-state index contributed by atoms with van der Waals surface area (Å²) in [6.45, 7) is 3.60. The minimum atomic E-state index is -0.657. The van der Waals surface area contributed by atoms with E-state index < -0.39 is 17.6 Å². The first-order chi connectivity index (χ1) is 17.6. The molecule has 1 aromatic carbocycles. The molecule has 2 aromatic heterocycles. The molecule has 0 atom stereocenters. The van der Waals surface area contributed by atoms with Gasteiger partial charge in [-0.1, -0.05) is 0 Å². The molecule has 0 spiro atoms. The number of carbonyl (C=O) groups is 1. The summed E-state index contributed by atoms with van der Waals surface area (Å²) in [5, 5.41) is 15.3. The first-order valence-corrected chi connectivity index (χ1v) is 12.3. The maximum Gasteiger partial charge on any atom is 0.261 e. The Balaban J connectivity index is 1.36. The number of nitrogens with zero attached hydrogens (tertiary/aromatic N) is 6. The van der Waals surface area contributed by atoms with Crippen LogP contribution in [0, 0.1) is 5.82 Å². The maximum absolute atomic E-state index is 14.9. The number of amides is 1. The molecule has 3 aromatic rings. The molecule has 2 aliphatic heterocycles. The number of aromatic hydroxyl groups is 1. The van der Waals surface area contributed by atoms with Crippen LogP contribution in [0.4, 0.5) is 33.6 Å². The van der Waals surface area contributed by atoms with Crippen LogP contribution in [0.3, 0.4) is 0 Å². The highest BCUT2D eigenvalue weighted by Gasteiger charge is 2.21. The summed E-state index contributed by atoms with van der Waals surface area (Å²) in [6, 6.07) is 7.27. The van der Waals surface area contributed by atoms with Gasteiger partial charge in [0.05, 0.1) is 5.69 Å². The van der Waals surface area contributed by atoms with Crippen LogP contribution >= 0.6 is 0 Å². The summed E-state index contributed by atoms with van der Waals surface area (Å²) in [6.07, 6.45) is 8.17. The minimum Gasteiger partial charge on any atom is -0.493 e. The fourth-order valence-electron chi connectivity index (χ4n) is 4.47. The van der Waals surface area contributed by atoms with Crippen molar-refractivity contribution >= 4 is 35.1 Å². The normalized spacial score (nSPS) is 16.0. The van der Waals surface area contributed by atoms with Crippen molar-refractivity contribution in [1.82, 2.24) is 19.9 Å². The highest BCUT2D eigenvalue weighted by molar-refractivity contribution is 6.05. The van der Waals surface area contributed by atoms with E-state index in [1.165, 1.54) is 43.3 Å². The van der Waals surface area contributed by atoms with E-state index in [0.29, 0.717) is 23.5 Å². The van der Waals surface area contributed by atoms with E-state index in [9.17, 15) is 14.3 Å². The van der Waals surface area contributed by atoms with Crippen LogP contribution in [0.5, 0.6) is 5.88 Å². The zero-order valence-corrected chi connectivity index (χ0v) is 20.0. The predicted octanol–water partition coefficient (Wildman–Crippen LogP) is 4.09. The van der Waals surface area contributed by atoms with Crippen LogP contribution in [0.1, 0.15) is 48.9 Å². The van der Waals surface area contributed by atoms with Gasteiger partial charge in [-0.25, -0.2) is 9.37 Å². The fourth-order valence-corrected chi connectivity index (χ4v) is 4.47. The highest BCUT2D eigenvalue weighted by atomic mass is 19.1. The topological polar surface area (TPSA) is 119 Å². The van der Waals surface area contributed by atoms with E-state index in [2.05, 4.69) is 35.4 Å². The largest absolute Gasteiger partial charge is 0.493 e. The molecule has 2 aliphatic rings. The summed E-state index contributed by atoms with van der Waals surface area (Å²) >= 11 is 0. The van der Waals surface area contributed by atoms with Crippen LogP contribution < -0.4 is 20.4 Å². The first kappa shape index (κ1) is 23.7. The Kier molecular flexibility index (Phi) is 7.06. The molecule has 0 unspecified atom stereocenters. The molecular weight excluding hydrogens is 463 g/mol. The summed E-state index contributed by atoms with van der Waals surface area (Å²) in [7, 11) is 0. The Morgan fingerprint density at radius 3 is 2.11 bits per heavy atom. The van der Waals surface area contributed by atoms with Crippen molar-refractivity contribution in [3.8, 4) is 5.88 Å².